The molecule has 0 spiro atoms. The van der Waals surface area contributed by atoms with Crippen LogP contribution in [0.3, 0.4) is 0 Å². The van der Waals surface area contributed by atoms with Gasteiger partial charge in [0.1, 0.15) is 12.1 Å². The molecule has 0 aliphatic carbocycles. The van der Waals surface area contributed by atoms with Gasteiger partial charge in [-0.05, 0) is 71.7 Å². The van der Waals surface area contributed by atoms with Gasteiger partial charge in [-0.25, -0.2) is 9.48 Å². The van der Waals surface area contributed by atoms with Gasteiger partial charge in [0.05, 0.1) is 12.3 Å². The molecule has 2 aromatic carbocycles. The quantitative estimate of drug-likeness (QED) is 0.754. The van der Waals surface area contributed by atoms with Crippen molar-refractivity contribution in [1.29, 1.82) is 0 Å². The molecule has 2 amide bonds. The highest BCUT2D eigenvalue weighted by Gasteiger charge is 2.21. The first kappa shape index (κ1) is 18.0. The van der Waals surface area contributed by atoms with Gasteiger partial charge in [0.25, 0.3) is 0 Å². The highest BCUT2D eigenvalue weighted by atomic mass is 16.5. The van der Waals surface area contributed by atoms with Crippen LogP contribution in [0.5, 0.6) is 5.75 Å². The van der Waals surface area contributed by atoms with Crippen molar-refractivity contribution in [2.24, 2.45) is 0 Å². The first-order valence-corrected chi connectivity index (χ1v) is 9.28. The third-order valence-corrected chi connectivity index (χ3v) is 4.84. The molecule has 0 radical (unpaired) electrons. The molecule has 8 heteroatoms. The minimum absolute atomic E-state index is 0.126. The molecular weight excluding hydrogens is 356 g/mol. The summed E-state index contributed by atoms with van der Waals surface area (Å²) in [6.07, 6.45) is 2.37. The predicted octanol–water partition coefficient (Wildman–Crippen LogP) is 2.96. The maximum atomic E-state index is 12.8. The summed E-state index contributed by atoms with van der Waals surface area (Å²) in [7, 11) is 0. The lowest BCUT2D eigenvalue weighted by Gasteiger charge is -2.29. The molecule has 0 unspecified atom stereocenters. The topological polar surface area (TPSA) is 85.2 Å². The van der Waals surface area contributed by atoms with Gasteiger partial charge in [-0.2, -0.15) is 0 Å². The van der Waals surface area contributed by atoms with E-state index in [0.29, 0.717) is 25.4 Å². The fourth-order valence-electron chi connectivity index (χ4n) is 3.37. The Morgan fingerprint density at radius 3 is 2.89 bits per heavy atom. The van der Waals surface area contributed by atoms with Gasteiger partial charge in [-0.3, -0.25) is 0 Å². The van der Waals surface area contributed by atoms with Crippen molar-refractivity contribution >= 4 is 11.7 Å². The summed E-state index contributed by atoms with van der Waals surface area (Å²) >= 11 is 0. The molecule has 3 aromatic rings. The first-order valence-electron chi connectivity index (χ1n) is 9.28. The van der Waals surface area contributed by atoms with Gasteiger partial charge < -0.3 is 15.0 Å². The fourth-order valence-corrected chi connectivity index (χ4v) is 3.37. The number of aryl methyl sites for hydroxylation is 1. The second-order valence-electron chi connectivity index (χ2n) is 6.72. The molecule has 1 aromatic heterocycles. The Labute approximate surface area is 163 Å². The van der Waals surface area contributed by atoms with E-state index in [1.165, 1.54) is 11.9 Å². The van der Waals surface area contributed by atoms with E-state index in [-0.39, 0.29) is 6.03 Å². The predicted molar refractivity (Wildman–Crippen MR) is 105 cm³/mol. The summed E-state index contributed by atoms with van der Waals surface area (Å²) in [6.45, 7) is 5.80. The Kier molecular flexibility index (Phi) is 4.92. The number of anilines is 1. The molecule has 8 nitrogen and oxygen atoms in total. The molecule has 4 rings (SSSR count). The van der Waals surface area contributed by atoms with Gasteiger partial charge in [0.2, 0.25) is 0 Å². The Balaban J connectivity index is 1.49. The molecule has 1 N–H and O–H groups in total. The number of amides is 2. The van der Waals surface area contributed by atoms with Gasteiger partial charge in [0, 0.05) is 18.8 Å². The molecule has 28 heavy (non-hydrogen) atoms. The van der Waals surface area contributed by atoms with Crippen LogP contribution in [0.4, 0.5) is 10.5 Å². The smallest absolute Gasteiger partial charge is 0.322 e. The fraction of sp³-hybridized carbons (Fsp3) is 0.300. The number of carbonyl (C=O) groups excluding carboxylic acids is 1. The molecule has 1 aliphatic heterocycles. The summed E-state index contributed by atoms with van der Waals surface area (Å²) < 4.78 is 7.17. The molecule has 0 bridgehead atoms. The largest absolute Gasteiger partial charge is 0.494 e. The second kappa shape index (κ2) is 7.67. The Bertz CT molecular complexity index is 986. The number of nitrogens with zero attached hydrogens (tertiary/aromatic N) is 5. The summed E-state index contributed by atoms with van der Waals surface area (Å²) in [5, 5.41) is 14.3. The van der Waals surface area contributed by atoms with E-state index in [1.54, 1.807) is 4.68 Å². The lowest BCUT2D eigenvalue weighted by Crippen LogP contribution is -2.38. The van der Waals surface area contributed by atoms with Crippen LogP contribution in [0, 0.1) is 6.92 Å². The van der Waals surface area contributed by atoms with Crippen molar-refractivity contribution in [3.8, 4) is 11.4 Å². The molecule has 0 saturated carbocycles. The van der Waals surface area contributed by atoms with Crippen LogP contribution < -0.4 is 10.1 Å². The highest BCUT2D eigenvalue weighted by Crippen LogP contribution is 2.25. The maximum absolute atomic E-state index is 12.8. The number of benzene rings is 2. The van der Waals surface area contributed by atoms with Crippen LogP contribution in [0.2, 0.25) is 0 Å². The van der Waals surface area contributed by atoms with Gasteiger partial charge >= 0.3 is 6.03 Å². The van der Waals surface area contributed by atoms with E-state index in [1.807, 2.05) is 49.1 Å². The third kappa shape index (κ3) is 3.66. The summed E-state index contributed by atoms with van der Waals surface area (Å²) in [5.41, 5.74) is 4.94. The van der Waals surface area contributed by atoms with Crippen LogP contribution in [0.1, 0.15) is 23.6 Å². The minimum Gasteiger partial charge on any atom is -0.494 e. The number of carbonyl (C=O) groups is 1. The number of ether oxygens (including phenoxy) is 1. The van der Waals surface area contributed by atoms with E-state index < -0.39 is 0 Å². The van der Waals surface area contributed by atoms with Crippen molar-refractivity contribution < 1.29 is 9.53 Å². The Hall–Kier alpha value is -3.42. The number of fused-ring (bicyclic) bond motifs is 1. The van der Waals surface area contributed by atoms with E-state index in [2.05, 4.69) is 26.9 Å². The number of tetrazole rings is 1. The maximum Gasteiger partial charge on any atom is 0.322 e. The number of hydrogen-bond donors (Lipinski definition) is 1. The number of urea groups is 1. The molecular formula is C20H22N6O2. The van der Waals surface area contributed by atoms with Crippen molar-refractivity contribution in [1.82, 2.24) is 25.1 Å². The van der Waals surface area contributed by atoms with Crippen molar-refractivity contribution in [2.75, 3.05) is 18.5 Å². The summed E-state index contributed by atoms with van der Waals surface area (Å²) in [6, 6.07) is 11.7. The first-order chi connectivity index (χ1) is 13.6. The van der Waals surface area contributed by atoms with E-state index in [9.17, 15) is 4.79 Å². The second-order valence-corrected chi connectivity index (χ2v) is 6.72. The monoisotopic (exact) mass is 378 g/mol. The van der Waals surface area contributed by atoms with E-state index in [4.69, 9.17) is 4.74 Å². The van der Waals surface area contributed by atoms with Crippen molar-refractivity contribution in [3.05, 3.63) is 59.4 Å². The van der Waals surface area contributed by atoms with Crippen molar-refractivity contribution in [3.63, 3.8) is 0 Å². The Morgan fingerprint density at radius 1 is 1.21 bits per heavy atom. The zero-order chi connectivity index (χ0) is 19.5. The number of nitrogens with one attached hydrogen (secondary N) is 1. The molecule has 0 saturated heterocycles. The highest BCUT2D eigenvalue weighted by molar-refractivity contribution is 5.90. The van der Waals surface area contributed by atoms with E-state index in [0.717, 1.165) is 29.0 Å². The molecule has 1 aliphatic rings. The van der Waals surface area contributed by atoms with E-state index >= 15 is 0 Å². The SMILES string of the molecule is CCOc1ccc2c(c1)CN(C(=O)Nc1ccc(C)c(-n3cnnn3)c1)CC2. The summed E-state index contributed by atoms with van der Waals surface area (Å²) in [4.78, 5) is 14.6. The van der Waals surface area contributed by atoms with Crippen LogP contribution in [-0.4, -0.2) is 44.3 Å². The number of aromatic nitrogens is 4. The van der Waals surface area contributed by atoms with Gasteiger partial charge in [0.15, 0.2) is 0 Å². The molecule has 0 fully saturated rings. The lowest BCUT2D eigenvalue weighted by atomic mass is 10.00. The number of hydrogen-bond acceptors (Lipinski definition) is 5. The molecule has 2 heterocycles. The average molecular weight is 378 g/mol. The van der Waals surface area contributed by atoms with Crippen LogP contribution >= 0.6 is 0 Å². The minimum atomic E-state index is -0.126. The van der Waals surface area contributed by atoms with Crippen LogP contribution in [0.25, 0.3) is 5.69 Å². The standard InChI is InChI=1S/C20H22N6O2/c1-3-28-18-7-5-15-8-9-25(12-16(15)10-18)20(27)22-17-6-4-14(2)19(11-17)26-13-21-23-24-26/h4-7,10-11,13H,3,8-9,12H2,1-2H3,(H,22,27). The van der Waals surface area contributed by atoms with Gasteiger partial charge in [-0.1, -0.05) is 12.1 Å². The average Bonchev–Trinajstić information content (AvgIpc) is 3.23. The van der Waals surface area contributed by atoms with Crippen LogP contribution in [-0.2, 0) is 13.0 Å². The molecule has 0 atom stereocenters. The third-order valence-electron chi connectivity index (χ3n) is 4.84. The lowest BCUT2D eigenvalue weighted by molar-refractivity contribution is 0.206. The van der Waals surface area contributed by atoms with Crippen LogP contribution in [0.15, 0.2) is 42.7 Å². The number of rotatable bonds is 4. The van der Waals surface area contributed by atoms with Crippen molar-refractivity contribution in [2.45, 2.75) is 26.8 Å². The molecule has 144 valence electrons. The zero-order valence-corrected chi connectivity index (χ0v) is 15.9. The Morgan fingerprint density at radius 2 is 2.11 bits per heavy atom. The summed E-state index contributed by atoms with van der Waals surface area (Å²) in [5.74, 6) is 0.841. The zero-order valence-electron chi connectivity index (χ0n) is 15.9. The van der Waals surface area contributed by atoms with Gasteiger partial charge in [-0.15, -0.1) is 5.10 Å². The normalized spacial score (nSPS) is 13.1.